The van der Waals surface area contributed by atoms with Crippen LogP contribution in [0.3, 0.4) is 0 Å². The van der Waals surface area contributed by atoms with Crippen LogP contribution in [0.1, 0.15) is 52.4 Å². The third kappa shape index (κ3) is 5.97. The summed E-state index contributed by atoms with van der Waals surface area (Å²) < 4.78 is 5.45. The van der Waals surface area contributed by atoms with E-state index in [1.165, 1.54) is 6.42 Å². The molecule has 7 heteroatoms. The largest absolute Gasteiger partial charge is 0.452 e. The Morgan fingerprint density at radius 3 is 2.37 bits per heavy atom. The van der Waals surface area contributed by atoms with Crippen molar-refractivity contribution in [3.63, 3.8) is 0 Å². The minimum Gasteiger partial charge on any atom is -0.452 e. The van der Waals surface area contributed by atoms with Crippen molar-refractivity contribution in [2.45, 2.75) is 64.5 Å². The van der Waals surface area contributed by atoms with Crippen molar-refractivity contribution < 1.29 is 19.1 Å². The minimum absolute atomic E-state index is 0.164. The first-order valence-electron chi connectivity index (χ1n) is 11.1. The van der Waals surface area contributed by atoms with Gasteiger partial charge >= 0.3 is 12.0 Å². The highest BCUT2D eigenvalue weighted by Gasteiger charge is 2.31. The van der Waals surface area contributed by atoms with Gasteiger partial charge in [0.1, 0.15) is 0 Å². The highest BCUT2D eigenvalue weighted by atomic mass is 16.5. The summed E-state index contributed by atoms with van der Waals surface area (Å²) >= 11 is 0. The van der Waals surface area contributed by atoms with Gasteiger partial charge in [0.15, 0.2) is 6.10 Å². The van der Waals surface area contributed by atoms with Crippen molar-refractivity contribution in [2.75, 3.05) is 18.4 Å². The second-order valence-electron chi connectivity index (χ2n) is 8.51. The van der Waals surface area contributed by atoms with E-state index < -0.39 is 6.10 Å². The monoisotopic (exact) mass is 415 g/mol. The van der Waals surface area contributed by atoms with Crippen LogP contribution in [-0.2, 0) is 14.3 Å². The Labute approximate surface area is 178 Å². The van der Waals surface area contributed by atoms with Crippen LogP contribution in [0, 0.1) is 11.8 Å². The van der Waals surface area contributed by atoms with Crippen LogP contribution < -0.4 is 10.6 Å². The second kappa shape index (κ2) is 10.5. The maximum absolute atomic E-state index is 12.5. The van der Waals surface area contributed by atoms with E-state index in [-0.39, 0.29) is 29.9 Å². The molecule has 3 atom stereocenters. The molecule has 3 rings (SSSR count). The number of anilines is 1. The molecular formula is C23H33N3O4. The molecule has 1 saturated carbocycles. The molecule has 1 saturated heterocycles. The van der Waals surface area contributed by atoms with Crippen molar-refractivity contribution in [2.24, 2.45) is 11.8 Å². The van der Waals surface area contributed by atoms with Gasteiger partial charge in [0, 0.05) is 24.8 Å². The molecule has 1 heterocycles. The number of urea groups is 1. The van der Waals surface area contributed by atoms with Gasteiger partial charge in [-0.2, -0.15) is 0 Å². The number of ether oxygens (including phenoxy) is 1. The van der Waals surface area contributed by atoms with Gasteiger partial charge < -0.3 is 20.3 Å². The van der Waals surface area contributed by atoms with Crippen molar-refractivity contribution in [3.8, 4) is 0 Å². The average Bonchev–Trinajstić information content (AvgIpc) is 2.76. The van der Waals surface area contributed by atoms with Crippen molar-refractivity contribution in [3.05, 3.63) is 30.3 Å². The SMILES string of the molecule is C[C@@H](OC(=O)C1CCN(C(=O)Nc2ccccc2)CC1)C(=O)N[C@H]1CCCC[C@@H]1C. The summed E-state index contributed by atoms with van der Waals surface area (Å²) in [6.07, 6.45) is 4.71. The third-order valence-corrected chi connectivity index (χ3v) is 6.24. The van der Waals surface area contributed by atoms with Gasteiger partial charge in [0.05, 0.1) is 5.92 Å². The van der Waals surface area contributed by atoms with Crippen LogP contribution >= 0.6 is 0 Å². The normalized spacial score (nSPS) is 23.3. The summed E-state index contributed by atoms with van der Waals surface area (Å²) in [6.45, 7) is 4.75. The molecular weight excluding hydrogens is 382 g/mol. The number of esters is 1. The summed E-state index contributed by atoms with van der Waals surface area (Å²) in [5, 5.41) is 5.91. The van der Waals surface area contributed by atoms with E-state index in [9.17, 15) is 14.4 Å². The minimum atomic E-state index is -0.800. The van der Waals surface area contributed by atoms with Crippen molar-refractivity contribution in [1.29, 1.82) is 0 Å². The lowest BCUT2D eigenvalue weighted by atomic mass is 9.86. The number of hydrogen-bond donors (Lipinski definition) is 2. The van der Waals surface area contributed by atoms with Gasteiger partial charge in [0.25, 0.3) is 5.91 Å². The van der Waals surface area contributed by atoms with Gasteiger partial charge in [-0.25, -0.2) is 4.79 Å². The lowest BCUT2D eigenvalue weighted by Crippen LogP contribution is -2.47. The summed E-state index contributed by atoms with van der Waals surface area (Å²) in [6, 6.07) is 9.30. The quantitative estimate of drug-likeness (QED) is 0.720. The van der Waals surface area contributed by atoms with Crippen LogP contribution in [0.25, 0.3) is 0 Å². The summed E-state index contributed by atoms with van der Waals surface area (Å²) in [4.78, 5) is 39.0. The van der Waals surface area contributed by atoms with E-state index in [0.29, 0.717) is 31.8 Å². The Morgan fingerprint density at radius 2 is 1.70 bits per heavy atom. The number of nitrogens with one attached hydrogen (secondary N) is 2. The Balaban J connectivity index is 1.41. The molecule has 2 aliphatic rings. The number of carbonyl (C=O) groups excluding carboxylic acids is 3. The highest BCUT2D eigenvalue weighted by Crippen LogP contribution is 2.24. The molecule has 0 spiro atoms. The molecule has 0 radical (unpaired) electrons. The summed E-state index contributed by atoms with van der Waals surface area (Å²) in [5.74, 6) is -0.397. The van der Waals surface area contributed by atoms with Crippen molar-refractivity contribution in [1.82, 2.24) is 10.2 Å². The first kappa shape index (κ1) is 22.1. The van der Waals surface area contributed by atoms with E-state index in [2.05, 4.69) is 17.6 Å². The number of amides is 3. The maximum Gasteiger partial charge on any atom is 0.321 e. The fraction of sp³-hybridized carbons (Fsp3) is 0.609. The summed E-state index contributed by atoms with van der Waals surface area (Å²) in [5.41, 5.74) is 0.746. The number of likely N-dealkylation sites (tertiary alicyclic amines) is 1. The van der Waals surface area contributed by atoms with Crippen LogP contribution in [0.5, 0.6) is 0 Å². The molecule has 2 fully saturated rings. The fourth-order valence-corrected chi connectivity index (χ4v) is 4.20. The molecule has 30 heavy (non-hydrogen) atoms. The fourth-order valence-electron chi connectivity index (χ4n) is 4.20. The predicted octanol–water partition coefficient (Wildman–Crippen LogP) is 3.56. The Bertz CT molecular complexity index is 731. The molecule has 2 N–H and O–H groups in total. The van der Waals surface area contributed by atoms with Crippen LogP contribution in [-0.4, -0.2) is 48.0 Å². The first-order valence-corrected chi connectivity index (χ1v) is 11.1. The van der Waals surface area contributed by atoms with Gasteiger partial charge in [-0.05, 0) is 50.7 Å². The molecule has 7 nitrogen and oxygen atoms in total. The maximum atomic E-state index is 12.5. The Hall–Kier alpha value is -2.57. The number of nitrogens with zero attached hydrogens (tertiary/aromatic N) is 1. The Kier molecular flexibility index (Phi) is 7.71. The molecule has 1 aliphatic heterocycles. The standard InChI is InChI=1S/C23H33N3O4/c1-16-8-6-7-11-20(16)25-21(27)17(2)30-22(28)18-12-14-26(15-13-18)23(29)24-19-9-4-3-5-10-19/h3-5,9-10,16-18,20H,6-8,11-15H2,1-2H3,(H,24,29)(H,25,27)/t16-,17+,20-/m0/s1. The topological polar surface area (TPSA) is 87.7 Å². The zero-order valence-corrected chi connectivity index (χ0v) is 17.9. The smallest absolute Gasteiger partial charge is 0.321 e. The lowest BCUT2D eigenvalue weighted by Gasteiger charge is -2.32. The van der Waals surface area contributed by atoms with Crippen LogP contribution in [0.2, 0.25) is 0 Å². The van der Waals surface area contributed by atoms with Gasteiger partial charge in [0.2, 0.25) is 0 Å². The highest BCUT2D eigenvalue weighted by molar-refractivity contribution is 5.89. The van der Waals surface area contributed by atoms with Crippen molar-refractivity contribution >= 4 is 23.6 Å². The van der Waals surface area contributed by atoms with Crippen LogP contribution in [0.15, 0.2) is 30.3 Å². The molecule has 0 bridgehead atoms. The third-order valence-electron chi connectivity index (χ3n) is 6.24. The molecule has 1 aromatic carbocycles. The number of para-hydroxylation sites is 1. The van der Waals surface area contributed by atoms with E-state index in [0.717, 1.165) is 24.9 Å². The van der Waals surface area contributed by atoms with E-state index >= 15 is 0 Å². The molecule has 3 amide bonds. The Morgan fingerprint density at radius 1 is 1.03 bits per heavy atom. The van der Waals surface area contributed by atoms with E-state index in [1.807, 2.05) is 30.3 Å². The van der Waals surface area contributed by atoms with Gasteiger partial charge in [-0.1, -0.05) is 38.0 Å². The van der Waals surface area contributed by atoms with E-state index in [1.54, 1.807) is 11.8 Å². The van der Waals surface area contributed by atoms with Crippen LogP contribution in [0.4, 0.5) is 10.5 Å². The average molecular weight is 416 g/mol. The molecule has 1 aliphatic carbocycles. The summed E-state index contributed by atoms with van der Waals surface area (Å²) in [7, 11) is 0. The molecule has 0 aromatic heterocycles. The number of piperidine rings is 1. The van der Waals surface area contributed by atoms with Gasteiger partial charge in [-0.3, -0.25) is 9.59 Å². The number of rotatable bonds is 5. The zero-order valence-electron chi connectivity index (χ0n) is 17.9. The predicted molar refractivity (Wildman–Crippen MR) is 115 cm³/mol. The molecule has 164 valence electrons. The number of benzene rings is 1. The first-order chi connectivity index (χ1) is 14.4. The number of hydrogen-bond acceptors (Lipinski definition) is 4. The second-order valence-corrected chi connectivity index (χ2v) is 8.51. The molecule has 0 unspecified atom stereocenters. The lowest BCUT2D eigenvalue weighted by molar-refractivity contribution is -0.160. The van der Waals surface area contributed by atoms with Gasteiger partial charge in [-0.15, -0.1) is 0 Å². The number of carbonyl (C=O) groups is 3. The van der Waals surface area contributed by atoms with E-state index in [4.69, 9.17) is 4.74 Å². The zero-order chi connectivity index (χ0) is 21.5. The molecule has 1 aromatic rings.